The van der Waals surface area contributed by atoms with Crippen LogP contribution in [0.4, 0.5) is 0 Å². The number of fused-ring (bicyclic) bond motifs is 1. The lowest BCUT2D eigenvalue weighted by Gasteiger charge is -2.20. The Hall–Kier alpha value is -1.36. The third-order valence-corrected chi connectivity index (χ3v) is 5.41. The molecule has 3 nitrogen and oxygen atoms in total. The molecule has 21 heavy (non-hydrogen) atoms. The summed E-state index contributed by atoms with van der Waals surface area (Å²) in [5, 5.41) is 9.88. The third kappa shape index (κ3) is 3.28. The number of carboxylic acid groups (broad SMARTS) is 1. The lowest BCUT2D eigenvalue weighted by Crippen LogP contribution is -2.26. The molecule has 0 saturated heterocycles. The largest absolute Gasteiger partial charge is 0.477 e. The maximum absolute atomic E-state index is 11.0. The number of benzene rings is 1. The summed E-state index contributed by atoms with van der Waals surface area (Å²) in [6, 6.07) is 9.77. The van der Waals surface area contributed by atoms with Crippen molar-refractivity contribution < 1.29 is 9.90 Å². The molecule has 0 fully saturated rings. The Morgan fingerprint density at radius 2 is 2.05 bits per heavy atom. The van der Waals surface area contributed by atoms with Crippen molar-refractivity contribution in [3.05, 3.63) is 56.2 Å². The highest BCUT2D eigenvalue weighted by Gasteiger charge is 2.19. The van der Waals surface area contributed by atoms with Crippen molar-refractivity contribution in [3.8, 4) is 0 Å². The van der Waals surface area contributed by atoms with Crippen LogP contribution in [0.25, 0.3) is 0 Å². The molecular formula is C16H16ClNO2S. The molecule has 2 heterocycles. The second kappa shape index (κ2) is 6.18. The van der Waals surface area contributed by atoms with Crippen molar-refractivity contribution in [3.63, 3.8) is 0 Å². The van der Waals surface area contributed by atoms with Crippen LogP contribution in [-0.2, 0) is 19.4 Å². The number of hydrogen-bond acceptors (Lipinski definition) is 3. The first kappa shape index (κ1) is 14.6. The molecule has 0 radical (unpaired) electrons. The monoisotopic (exact) mass is 321 g/mol. The fraction of sp³-hybridized carbons (Fsp3) is 0.312. The van der Waals surface area contributed by atoms with Gasteiger partial charge in [-0.1, -0.05) is 29.8 Å². The maximum Gasteiger partial charge on any atom is 0.345 e. The summed E-state index contributed by atoms with van der Waals surface area (Å²) in [4.78, 5) is 15.1. The highest BCUT2D eigenvalue weighted by molar-refractivity contribution is 7.14. The van der Waals surface area contributed by atoms with Gasteiger partial charge in [0.15, 0.2) is 0 Å². The third-order valence-electron chi connectivity index (χ3n) is 3.81. The van der Waals surface area contributed by atoms with Gasteiger partial charge in [0.25, 0.3) is 0 Å². The first-order valence-corrected chi connectivity index (χ1v) is 8.13. The number of nitrogens with zero attached hydrogens (tertiary/aromatic N) is 1. The lowest BCUT2D eigenvalue weighted by molar-refractivity contribution is 0.0702. The van der Waals surface area contributed by atoms with Crippen molar-refractivity contribution >= 4 is 28.9 Å². The van der Waals surface area contributed by atoms with Crippen molar-refractivity contribution in [2.45, 2.75) is 19.4 Å². The van der Waals surface area contributed by atoms with Gasteiger partial charge in [-0.15, -0.1) is 11.3 Å². The maximum atomic E-state index is 11.0. The summed E-state index contributed by atoms with van der Waals surface area (Å²) < 4.78 is 0. The molecule has 1 N–H and O–H groups in total. The molecule has 1 aliphatic heterocycles. The average molecular weight is 322 g/mol. The average Bonchev–Trinajstić information content (AvgIpc) is 2.79. The fourth-order valence-corrected chi connectivity index (χ4v) is 3.91. The van der Waals surface area contributed by atoms with E-state index in [0.29, 0.717) is 4.88 Å². The van der Waals surface area contributed by atoms with E-state index in [2.05, 4.69) is 11.0 Å². The van der Waals surface area contributed by atoms with Gasteiger partial charge in [0.2, 0.25) is 0 Å². The molecule has 0 unspecified atom stereocenters. The van der Waals surface area contributed by atoms with Crippen LogP contribution in [0, 0.1) is 0 Å². The number of carbonyl (C=O) groups is 1. The van der Waals surface area contributed by atoms with Gasteiger partial charge in [-0.3, -0.25) is 4.90 Å². The van der Waals surface area contributed by atoms with E-state index in [4.69, 9.17) is 16.7 Å². The minimum absolute atomic E-state index is 0.458. The van der Waals surface area contributed by atoms with Crippen LogP contribution in [-0.4, -0.2) is 29.1 Å². The Balaban J connectivity index is 1.69. The molecule has 5 heteroatoms. The van der Waals surface area contributed by atoms with E-state index in [1.165, 1.54) is 21.8 Å². The summed E-state index contributed by atoms with van der Waals surface area (Å²) in [5.74, 6) is -0.819. The molecule has 1 aromatic heterocycles. The van der Waals surface area contributed by atoms with Crippen LogP contribution in [0.15, 0.2) is 30.3 Å². The number of halogens is 1. The molecule has 0 saturated carbocycles. The molecule has 0 atom stereocenters. The second-order valence-corrected chi connectivity index (χ2v) is 6.78. The smallest absolute Gasteiger partial charge is 0.345 e. The summed E-state index contributed by atoms with van der Waals surface area (Å²) in [7, 11) is 0. The van der Waals surface area contributed by atoms with Gasteiger partial charge in [0.1, 0.15) is 4.88 Å². The number of rotatable bonds is 3. The van der Waals surface area contributed by atoms with Crippen LogP contribution < -0.4 is 0 Å². The number of hydrogen-bond donors (Lipinski definition) is 1. The molecule has 3 rings (SSSR count). The van der Waals surface area contributed by atoms with E-state index in [-0.39, 0.29) is 0 Å². The molecule has 110 valence electrons. The number of carboxylic acids is 1. The quantitative estimate of drug-likeness (QED) is 0.937. The van der Waals surface area contributed by atoms with E-state index < -0.39 is 5.97 Å². The van der Waals surface area contributed by atoms with Crippen LogP contribution in [0.2, 0.25) is 5.02 Å². The minimum atomic E-state index is -0.819. The Morgan fingerprint density at radius 3 is 2.81 bits per heavy atom. The first-order valence-electron chi connectivity index (χ1n) is 6.94. The lowest BCUT2D eigenvalue weighted by atomic mass is 10.1. The van der Waals surface area contributed by atoms with Gasteiger partial charge in [0.05, 0.1) is 0 Å². The van der Waals surface area contributed by atoms with Crippen molar-refractivity contribution in [1.82, 2.24) is 4.90 Å². The van der Waals surface area contributed by atoms with Crippen LogP contribution in [0.1, 0.15) is 25.7 Å². The molecule has 0 amide bonds. The zero-order chi connectivity index (χ0) is 14.8. The molecule has 1 aliphatic rings. The molecule has 0 bridgehead atoms. The van der Waals surface area contributed by atoms with Crippen molar-refractivity contribution in [2.75, 3.05) is 13.1 Å². The standard InChI is InChI=1S/C16H16ClNO2S/c17-13-4-2-1-3-12(13)10-18-7-5-11-9-15(16(19)20)21-14(11)6-8-18/h1-4,9H,5-8,10H2,(H,19,20). The first-order chi connectivity index (χ1) is 10.1. The molecule has 0 aliphatic carbocycles. The molecule has 2 aromatic rings. The topological polar surface area (TPSA) is 40.5 Å². The Labute approximate surface area is 132 Å². The summed E-state index contributed by atoms with van der Waals surface area (Å²) in [6.45, 7) is 2.73. The Bertz CT molecular complexity index is 643. The van der Waals surface area contributed by atoms with Crippen molar-refractivity contribution in [1.29, 1.82) is 0 Å². The highest BCUT2D eigenvalue weighted by Crippen LogP contribution is 2.27. The summed E-state index contributed by atoms with van der Waals surface area (Å²) >= 11 is 7.63. The fourth-order valence-electron chi connectivity index (χ4n) is 2.67. The zero-order valence-electron chi connectivity index (χ0n) is 11.5. The summed E-state index contributed by atoms with van der Waals surface area (Å²) in [5.41, 5.74) is 2.34. The van der Waals surface area contributed by atoms with Gasteiger partial charge in [0, 0.05) is 29.5 Å². The van der Waals surface area contributed by atoms with Gasteiger partial charge in [-0.2, -0.15) is 0 Å². The van der Waals surface area contributed by atoms with Crippen LogP contribution >= 0.6 is 22.9 Å². The van der Waals surface area contributed by atoms with E-state index >= 15 is 0 Å². The molecule has 1 aromatic carbocycles. The van der Waals surface area contributed by atoms with Gasteiger partial charge in [-0.05, 0) is 36.1 Å². The predicted octanol–water partition coefficient (Wildman–Crippen LogP) is 3.70. The van der Waals surface area contributed by atoms with E-state index in [9.17, 15) is 4.79 Å². The SMILES string of the molecule is O=C(O)c1cc2c(s1)CCN(Cc1ccccc1Cl)CC2. The van der Waals surface area contributed by atoms with Gasteiger partial charge < -0.3 is 5.11 Å². The van der Waals surface area contributed by atoms with E-state index in [1.807, 2.05) is 24.3 Å². The molecule has 0 spiro atoms. The Kier molecular flexibility index (Phi) is 4.29. The number of aromatic carboxylic acids is 1. The second-order valence-electron chi connectivity index (χ2n) is 5.23. The minimum Gasteiger partial charge on any atom is -0.477 e. The highest BCUT2D eigenvalue weighted by atomic mass is 35.5. The predicted molar refractivity (Wildman–Crippen MR) is 85.4 cm³/mol. The molecular weight excluding hydrogens is 306 g/mol. The number of thiophene rings is 1. The Morgan fingerprint density at radius 1 is 1.29 bits per heavy atom. The van der Waals surface area contributed by atoms with E-state index in [1.54, 1.807) is 0 Å². The summed E-state index contributed by atoms with van der Waals surface area (Å²) in [6.07, 6.45) is 1.82. The zero-order valence-corrected chi connectivity index (χ0v) is 13.1. The van der Waals surface area contributed by atoms with Crippen LogP contribution in [0.5, 0.6) is 0 Å². The van der Waals surface area contributed by atoms with Crippen molar-refractivity contribution in [2.24, 2.45) is 0 Å². The van der Waals surface area contributed by atoms with E-state index in [0.717, 1.165) is 43.1 Å². The van der Waals surface area contributed by atoms with Gasteiger partial charge in [-0.25, -0.2) is 4.79 Å². The van der Waals surface area contributed by atoms with Gasteiger partial charge >= 0.3 is 5.97 Å². The van der Waals surface area contributed by atoms with Crippen LogP contribution in [0.3, 0.4) is 0 Å². The normalized spacial score (nSPS) is 15.5.